The van der Waals surface area contributed by atoms with Gasteiger partial charge in [0, 0.05) is 37.1 Å². The van der Waals surface area contributed by atoms with Gasteiger partial charge >= 0.3 is 6.01 Å². The molecule has 1 saturated carbocycles. The Balaban J connectivity index is 1.27. The first kappa shape index (κ1) is 19.6. The lowest BCUT2D eigenvalue weighted by molar-refractivity contribution is 0.220. The van der Waals surface area contributed by atoms with Gasteiger partial charge < -0.3 is 13.9 Å². The number of imidazole rings is 1. The average molecular weight is 454 g/mol. The molecule has 0 N–H and O–H groups in total. The number of likely N-dealkylation sites (tertiary alicyclic amines) is 1. The minimum atomic E-state index is -3.43. The Bertz CT molecular complexity index is 1390. The second-order valence-corrected chi connectivity index (χ2v) is 10.8. The SMILES string of the molecule is Cn1cnc(-c2nnc(-n3ccc4cc(S(=O)(=O)C5CCN(C6CC6)CC5)cnc43)o2)c1. The highest BCUT2D eigenvalue weighted by Crippen LogP contribution is 2.33. The number of pyridine rings is 1. The van der Waals surface area contributed by atoms with E-state index in [4.69, 9.17) is 4.42 Å². The summed E-state index contributed by atoms with van der Waals surface area (Å²) in [5.41, 5.74) is 1.14. The van der Waals surface area contributed by atoms with Crippen molar-refractivity contribution in [2.45, 2.75) is 41.9 Å². The van der Waals surface area contributed by atoms with Crippen LogP contribution < -0.4 is 0 Å². The average Bonchev–Trinajstić information content (AvgIpc) is 3.18. The van der Waals surface area contributed by atoms with E-state index >= 15 is 0 Å². The first-order valence-corrected chi connectivity index (χ1v) is 12.3. The molecule has 4 aromatic rings. The maximum Gasteiger partial charge on any atom is 0.328 e. The van der Waals surface area contributed by atoms with E-state index in [1.807, 2.05) is 13.1 Å². The normalized spacial score (nSPS) is 18.5. The molecule has 0 unspecified atom stereocenters. The Hall–Kier alpha value is -3.05. The maximum atomic E-state index is 13.2. The number of nitrogens with zero attached hydrogens (tertiary/aromatic N) is 7. The Labute approximate surface area is 184 Å². The first-order valence-electron chi connectivity index (χ1n) is 10.8. The van der Waals surface area contributed by atoms with Gasteiger partial charge in [0.15, 0.2) is 9.84 Å². The van der Waals surface area contributed by atoms with Crippen LogP contribution in [0.1, 0.15) is 25.7 Å². The molecule has 0 amide bonds. The molecule has 4 aromatic heterocycles. The maximum absolute atomic E-state index is 13.2. The monoisotopic (exact) mass is 453 g/mol. The van der Waals surface area contributed by atoms with Crippen LogP contribution in [0.4, 0.5) is 0 Å². The third-order valence-corrected chi connectivity index (χ3v) is 8.58. The first-order chi connectivity index (χ1) is 15.5. The number of hydrogen-bond donors (Lipinski definition) is 0. The van der Waals surface area contributed by atoms with Gasteiger partial charge in [-0.25, -0.2) is 18.4 Å². The zero-order valence-corrected chi connectivity index (χ0v) is 18.4. The molecule has 11 heteroatoms. The number of hydrogen-bond acceptors (Lipinski definition) is 8. The van der Waals surface area contributed by atoms with Gasteiger partial charge in [-0.3, -0.25) is 4.57 Å². The Morgan fingerprint density at radius 1 is 1.09 bits per heavy atom. The lowest BCUT2D eigenvalue weighted by atomic mass is 10.1. The molecule has 0 bridgehead atoms. The summed E-state index contributed by atoms with van der Waals surface area (Å²) in [5, 5.41) is 8.52. The lowest BCUT2D eigenvalue weighted by Gasteiger charge is -2.31. The number of aromatic nitrogens is 6. The van der Waals surface area contributed by atoms with Crippen molar-refractivity contribution in [1.82, 2.24) is 34.2 Å². The molecule has 0 spiro atoms. The minimum Gasteiger partial charge on any atom is -0.401 e. The van der Waals surface area contributed by atoms with Crippen molar-refractivity contribution in [1.29, 1.82) is 0 Å². The molecule has 0 radical (unpaired) electrons. The number of rotatable bonds is 5. The standard InChI is InChI=1S/C21H23N7O3S/c1-26-12-18(23-13-26)20-24-25-21(31-20)28-9-4-14-10-17(11-22-19(14)28)32(29,30)16-5-7-27(8-6-16)15-2-3-15/h4,9-13,15-16H,2-3,5-8H2,1H3. The second-order valence-electron chi connectivity index (χ2n) is 8.60. The fourth-order valence-electron chi connectivity index (χ4n) is 4.44. The van der Waals surface area contributed by atoms with Crippen LogP contribution in [-0.2, 0) is 16.9 Å². The van der Waals surface area contributed by atoms with E-state index in [-0.39, 0.29) is 16.2 Å². The molecule has 0 aromatic carbocycles. The van der Waals surface area contributed by atoms with Crippen molar-refractivity contribution < 1.29 is 12.8 Å². The van der Waals surface area contributed by atoms with Crippen LogP contribution in [0.5, 0.6) is 0 Å². The molecule has 1 aliphatic carbocycles. The summed E-state index contributed by atoms with van der Waals surface area (Å²) in [5.74, 6) is 0.305. The van der Waals surface area contributed by atoms with Gasteiger partial charge in [0.1, 0.15) is 11.3 Å². The van der Waals surface area contributed by atoms with Crippen molar-refractivity contribution in [3.05, 3.63) is 37.1 Å². The summed E-state index contributed by atoms with van der Waals surface area (Å²) < 4.78 is 35.7. The molecule has 166 valence electrons. The third kappa shape index (κ3) is 3.32. The van der Waals surface area contributed by atoms with Crippen molar-refractivity contribution >= 4 is 20.9 Å². The molecule has 32 heavy (non-hydrogen) atoms. The zero-order chi connectivity index (χ0) is 21.9. The molecule has 2 aliphatic rings. The number of piperidine rings is 1. The Morgan fingerprint density at radius 3 is 2.62 bits per heavy atom. The summed E-state index contributed by atoms with van der Waals surface area (Å²) in [6.45, 7) is 1.72. The fourth-order valence-corrected chi connectivity index (χ4v) is 6.14. The third-order valence-electron chi connectivity index (χ3n) is 6.35. The fraction of sp³-hybridized carbons (Fsp3) is 0.429. The molecular formula is C21H23N7O3S. The summed E-state index contributed by atoms with van der Waals surface area (Å²) in [6, 6.07) is 4.43. The summed E-state index contributed by atoms with van der Waals surface area (Å²) in [4.78, 5) is 11.4. The smallest absolute Gasteiger partial charge is 0.328 e. The predicted octanol–water partition coefficient (Wildman–Crippen LogP) is 2.21. The highest BCUT2D eigenvalue weighted by Gasteiger charge is 2.36. The lowest BCUT2D eigenvalue weighted by Crippen LogP contribution is -2.40. The molecule has 1 aliphatic heterocycles. The van der Waals surface area contributed by atoms with E-state index in [0.29, 0.717) is 41.5 Å². The molecule has 2 fully saturated rings. The Kier molecular flexibility index (Phi) is 4.44. The van der Waals surface area contributed by atoms with Gasteiger partial charge in [0.2, 0.25) is 0 Å². The van der Waals surface area contributed by atoms with E-state index < -0.39 is 9.84 Å². The topological polar surface area (TPSA) is 112 Å². The quantitative estimate of drug-likeness (QED) is 0.452. The van der Waals surface area contributed by atoms with Crippen LogP contribution in [-0.4, -0.2) is 67.0 Å². The molecule has 5 heterocycles. The van der Waals surface area contributed by atoms with E-state index in [9.17, 15) is 8.42 Å². The van der Waals surface area contributed by atoms with Crippen molar-refractivity contribution in [2.24, 2.45) is 7.05 Å². The molecule has 6 rings (SSSR count). The summed E-state index contributed by atoms with van der Waals surface area (Å²) in [7, 11) is -1.57. The van der Waals surface area contributed by atoms with Gasteiger partial charge in [-0.05, 0) is 50.9 Å². The van der Waals surface area contributed by atoms with Gasteiger partial charge in [-0.15, -0.1) is 5.10 Å². The van der Waals surface area contributed by atoms with Gasteiger partial charge in [0.25, 0.3) is 5.89 Å². The molecular weight excluding hydrogens is 430 g/mol. The van der Waals surface area contributed by atoms with Crippen LogP contribution in [0, 0.1) is 0 Å². The highest BCUT2D eigenvalue weighted by molar-refractivity contribution is 7.92. The van der Waals surface area contributed by atoms with Crippen LogP contribution >= 0.6 is 0 Å². The van der Waals surface area contributed by atoms with Crippen molar-refractivity contribution in [3.63, 3.8) is 0 Å². The van der Waals surface area contributed by atoms with Gasteiger partial charge in [-0.2, -0.15) is 0 Å². The molecule has 10 nitrogen and oxygen atoms in total. The number of aryl methyl sites for hydroxylation is 1. The van der Waals surface area contributed by atoms with E-state index in [1.165, 1.54) is 19.0 Å². The van der Waals surface area contributed by atoms with Crippen LogP contribution in [0.3, 0.4) is 0 Å². The summed E-state index contributed by atoms with van der Waals surface area (Å²) >= 11 is 0. The highest BCUT2D eigenvalue weighted by atomic mass is 32.2. The van der Waals surface area contributed by atoms with Crippen LogP contribution in [0.25, 0.3) is 28.6 Å². The van der Waals surface area contributed by atoms with Gasteiger partial charge in [0.05, 0.1) is 16.5 Å². The van der Waals surface area contributed by atoms with Crippen molar-refractivity contribution in [3.8, 4) is 17.6 Å². The summed E-state index contributed by atoms with van der Waals surface area (Å²) in [6.07, 6.45) is 10.5. The van der Waals surface area contributed by atoms with E-state index in [0.717, 1.165) is 13.1 Å². The van der Waals surface area contributed by atoms with E-state index in [1.54, 1.807) is 33.9 Å². The molecule has 0 atom stereocenters. The number of sulfone groups is 1. The predicted molar refractivity (Wildman–Crippen MR) is 116 cm³/mol. The van der Waals surface area contributed by atoms with Gasteiger partial charge in [-0.1, -0.05) is 5.10 Å². The molecule has 1 saturated heterocycles. The largest absolute Gasteiger partial charge is 0.401 e. The van der Waals surface area contributed by atoms with Crippen molar-refractivity contribution in [2.75, 3.05) is 13.1 Å². The zero-order valence-electron chi connectivity index (χ0n) is 17.6. The minimum absolute atomic E-state index is 0.246. The number of fused-ring (bicyclic) bond motifs is 1. The second kappa shape index (κ2) is 7.24. The Morgan fingerprint density at radius 2 is 1.91 bits per heavy atom. The van der Waals surface area contributed by atoms with E-state index in [2.05, 4.69) is 25.1 Å². The van der Waals surface area contributed by atoms with Crippen LogP contribution in [0.15, 0.2) is 46.4 Å². The van der Waals surface area contributed by atoms with Crippen LogP contribution in [0.2, 0.25) is 0 Å².